The molecule has 0 aliphatic heterocycles. The van der Waals surface area contributed by atoms with Crippen molar-refractivity contribution in [3.63, 3.8) is 0 Å². The van der Waals surface area contributed by atoms with Crippen molar-refractivity contribution in [3.05, 3.63) is 11.3 Å². The Morgan fingerprint density at radius 1 is 1.50 bits per heavy atom. The van der Waals surface area contributed by atoms with Gasteiger partial charge in [-0.2, -0.15) is 0 Å². The first kappa shape index (κ1) is 8.97. The van der Waals surface area contributed by atoms with Crippen molar-refractivity contribution in [1.82, 2.24) is 0 Å². The average Bonchev–Trinajstić information content (AvgIpc) is 1.94. The van der Waals surface area contributed by atoms with E-state index >= 15 is 0 Å². The number of carbonyl (C=O) groups excluding carboxylic acids is 1. The highest BCUT2D eigenvalue weighted by atomic mass is 16.5. The molecule has 0 heterocycles. The molecule has 0 radical (unpaired) electrons. The summed E-state index contributed by atoms with van der Waals surface area (Å²) in [5.41, 5.74) is 1.12. The molecule has 0 unspecified atom stereocenters. The van der Waals surface area contributed by atoms with Crippen LogP contribution >= 0.6 is 0 Å². The number of hydrogen-bond donors (Lipinski definition) is 1. The Morgan fingerprint density at radius 3 is 2.33 bits per heavy atom. The number of carbonyl (C=O) groups is 1. The highest BCUT2D eigenvalue weighted by Crippen LogP contribution is 2.29. The Balaban J connectivity index is 2.81. The number of Topliss-reactive ketones (excluding diaryl/α,β-unsaturated/α-hetero) is 1. The molecule has 12 heavy (non-hydrogen) atoms. The monoisotopic (exact) mass is 167 g/mol. The summed E-state index contributed by atoms with van der Waals surface area (Å²) in [6.07, 6.45) is 3.09. The maximum Gasteiger partial charge on any atom is 0.181 e. The Bertz CT molecular complexity index is 244. The average molecular weight is 167 g/mol. The van der Waals surface area contributed by atoms with E-state index in [9.17, 15) is 4.79 Å². The van der Waals surface area contributed by atoms with Crippen molar-refractivity contribution in [3.8, 4) is 0 Å². The normalized spacial score (nSPS) is 15.0. The lowest BCUT2D eigenvalue weighted by atomic mass is 9.89. The zero-order valence-electron chi connectivity index (χ0n) is 7.44. The minimum absolute atomic E-state index is 0.00667. The van der Waals surface area contributed by atoms with E-state index in [4.69, 9.17) is 10.1 Å². The van der Waals surface area contributed by atoms with Gasteiger partial charge in [0.25, 0.3) is 0 Å². The van der Waals surface area contributed by atoms with Gasteiger partial charge < -0.3 is 4.74 Å². The molecular formula is C9H13NO2. The van der Waals surface area contributed by atoms with Crippen molar-refractivity contribution in [2.24, 2.45) is 0 Å². The molecule has 1 N–H and O–H groups in total. The maximum atomic E-state index is 10.8. The first-order chi connectivity index (χ1) is 5.66. The number of ketones is 1. The summed E-state index contributed by atoms with van der Waals surface area (Å²) in [4.78, 5) is 10.8. The van der Waals surface area contributed by atoms with E-state index in [-0.39, 0.29) is 11.5 Å². The summed E-state index contributed by atoms with van der Waals surface area (Å²) in [6, 6.07) is 0. The van der Waals surface area contributed by atoms with Crippen LogP contribution in [-0.4, -0.2) is 18.6 Å². The smallest absolute Gasteiger partial charge is 0.181 e. The number of methoxy groups -OCH3 is 1. The number of nitrogens with one attached hydrogen (secondary N) is 1. The minimum Gasteiger partial charge on any atom is -0.494 e. The predicted octanol–water partition coefficient (Wildman–Crippen LogP) is 1.68. The Kier molecular flexibility index (Phi) is 2.63. The van der Waals surface area contributed by atoms with Crippen LogP contribution in [0.4, 0.5) is 0 Å². The maximum absolute atomic E-state index is 10.8. The highest BCUT2D eigenvalue weighted by molar-refractivity contribution is 6.43. The molecule has 0 aromatic carbocycles. The molecule has 0 saturated heterocycles. The van der Waals surface area contributed by atoms with Crippen molar-refractivity contribution in [2.75, 3.05) is 7.11 Å². The second kappa shape index (κ2) is 3.52. The van der Waals surface area contributed by atoms with Crippen LogP contribution in [0.25, 0.3) is 0 Å². The van der Waals surface area contributed by atoms with Gasteiger partial charge in [0, 0.05) is 6.92 Å². The van der Waals surface area contributed by atoms with Crippen molar-refractivity contribution in [1.29, 1.82) is 5.41 Å². The van der Waals surface area contributed by atoms with Gasteiger partial charge in [-0.1, -0.05) is 0 Å². The third-order valence-corrected chi connectivity index (χ3v) is 2.06. The first-order valence-corrected chi connectivity index (χ1v) is 4.02. The van der Waals surface area contributed by atoms with Gasteiger partial charge in [0.2, 0.25) is 0 Å². The van der Waals surface area contributed by atoms with E-state index in [2.05, 4.69) is 0 Å². The summed E-state index contributed by atoms with van der Waals surface area (Å²) in [6.45, 7) is 1.39. The lowest BCUT2D eigenvalue weighted by Gasteiger charge is -2.20. The van der Waals surface area contributed by atoms with Crippen LogP contribution in [0.5, 0.6) is 0 Å². The number of allylic oxidation sites excluding steroid dienone is 2. The zero-order valence-corrected chi connectivity index (χ0v) is 7.44. The zero-order chi connectivity index (χ0) is 9.14. The van der Waals surface area contributed by atoms with Gasteiger partial charge in [-0.3, -0.25) is 10.2 Å². The van der Waals surface area contributed by atoms with E-state index in [1.807, 2.05) is 0 Å². The Labute approximate surface area is 71.9 Å². The van der Waals surface area contributed by atoms with Gasteiger partial charge in [0.15, 0.2) is 5.78 Å². The van der Waals surface area contributed by atoms with Gasteiger partial charge >= 0.3 is 0 Å². The van der Waals surface area contributed by atoms with Crippen LogP contribution < -0.4 is 0 Å². The summed E-state index contributed by atoms with van der Waals surface area (Å²) < 4.78 is 5.01. The lowest BCUT2D eigenvalue weighted by molar-refractivity contribution is -0.111. The summed E-state index contributed by atoms with van der Waals surface area (Å²) in [5.74, 6) is 0.264. The molecule has 0 spiro atoms. The van der Waals surface area contributed by atoms with Gasteiger partial charge in [-0.15, -0.1) is 0 Å². The van der Waals surface area contributed by atoms with Gasteiger partial charge in [0.05, 0.1) is 7.11 Å². The molecule has 3 nitrogen and oxygen atoms in total. The standard InChI is InChI=1S/C9H13NO2/c1-6(11)8(10)9(12-2)7-4-3-5-7/h10H,3-5H2,1-2H3. The molecule has 1 aliphatic carbocycles. The Morgan fingerprint density at radius 2 is 2.08 bits per heavy atom. The van der Waals surface area contributed by atoms with Gasteiger partial charge in [-0.05, 0) is 24.8 Å². The number of rotatable bonds is 3. The van der Waals surface area contributed by atoms with Gasteiger partial charge in [0.1, 0.15) is 11.5 Å². The number of hydrogen-bond acceptors (Lipinski definition) is 3. The molecule has 1 rings (SSSR count). The van der Waals surface area contributed by atoms with E-state index in [0.717, 1.165) is 24.8 Å². The van der Waals surface area contributed by atoms with Crippen molar-refractivity contribution in [2.45, 2.75) is 26.2 Å². The van der Waals surface area contributed by atoms with E-state index in [1.165, 1.54) is 14.0 Å². The molecule has 3 heteroatoms. The Hall–Kier alpha value is -1.12. The third-order valence-electron chi connectivity index (χ3n) is 2.06. The molecule has 0 bridgehead atoms. The molecule has 66 valence electrons. The van der Waals surface area contributed by atoms with E-state index in [1.54, 1.807) is 0 Å². The summed E-state index contributed by atoms with van der Waals surface area (Å²) in [5, 5.41) is 7.44. The lowest BCUT2D eigenvalue weighted by Crippen LogP contribution is -2.17. The summed E-state index contributed by atoms with van der Waals surface area (Å²) in [7, 11) is 1.51. The van der Waals surface area contributed by atoms with E-state index < -0.39 is 0 Å². The fourth-order valence-electron chi connectivity index (χ4n) is 1.16. The largest absolute Gasteiger partial charge is 0.494 e. The number of ether oxygens (including phenoxy) is 1. The van der Waals surface area contributed by atoms with Crippen molar-refractivity contribution >= 4 is 11.5 Å². The van der Waals surface area contributed by atoms with Crippen LogP contribution in [0.2, 0.25) is 0 Å². The quantitative estimate of drug-likeness (QED) is 0.513. The first-order valence-electron chi connectivity index (χ1n) is 4.02. The van der Waals surface area contributed by atoms with E-state index in [0.29, 0.717) is 5.76 Å². The highest BCUT2D eigenvalue weighted by Gasteiger charge is 2.20. The molecule has 1 fully saturated rings. The molecule has 1 saturated carbocycles. The minimum atomic E-state index is -0.230. The second-order valence-corrected chi connectivity index (χ2v) is 2.92. The molecular weight excluding hydrogens is 154 g/mol. The predicted molar refractivity (Wildman–Crippen MR) is 46.3 cm³/mol. The van der Waals surface area contributed by atoms with Crippen LogP contribution in [0.3, 0.4) is 0 Å². The fourth-order valence-corrected chi connectivity index (χ4v) is 1.16. The second-order valence-electron chi connectivity index (χ2n) is 2.92. The topological polar surface area (TPSA) is 50.1 Å². The van der Waals surface area contributed by atoms with Crippen LogP contribution in [0.1, 0.15) is 26.2 Å². The SMILES string of the molecule is COC(C(=N)C(C)=O)=C1CCC1. The fraction of sp³-hybridized carbons (Fsp3) is 0.556. The van der Waals surface area contributed by atoms with Gasteiger partial charge in [-0.25, -0.2) is 0 Å². The van der Waals surface area contributed by atoms with Crippen LogP contribution in [-0.2, 0) is 9.53 Å². The molecule has 0 amide bonds. The third kappa shape index (κ3) is 1.55. The molecule has 0 aromatic rings. The molecule has 1 aliphatic rings. The summed E-state index contributed by atoms with van der Waals surface area (Å²) >= 11 is 0. The molecule has 0 atom stereocenters. The van der Waals surface area contributed by atoms with Crippen molar-refractivity contribution < 1.29 is 9.53 Å². The van der Waals surface area contributed by atoms with Crippen LogP contribution in [0.15, 0.2) is 11.3 Å². The molecule has 0 aromatic heterocycles. The van der Waals surface area contributed by atoms with Crippen LogP contribution in [0, 0.1) is 5.41 Å².